The molecule has 0 aliphatic rings. The molecule has 0 aliphatic heterocycles. The van der Waals surface area contributed by atoms with Crippen LogP contribution < -0.4 is 4.90 Å². The van der Waals surface area contributed by atoms with Crippen LogP contribution in [0.25, 0.3) is 6.08 Å². The Hall–Kier alpha value is -3.73. The number of rotatable bonds is 7. The molecule has 0 spiro atoms. The number of carboxylic acids is 1. The maximum absolute atomic E-state index is 13.1. The molecule has 0 saturated heterocycles. The summed E-state index contributed by atoms with van der Waals surface area (Å²) < 4.78 is 13.1. The van der Waals surface area contributed by atoms with Crippen LogP contribution >= 0.6 is 0 Å². The second-order valence-electron chi connectivity index (χ2n) is 6.80. The van der Waals surface area contributed by atoms with Crippen LogP contribution in [0.4, 0.5) is 10.1 Å². The summed E-state index contributed by atoms with van der Waals surface area (Å²) in [4.78, 5) is 26.1. The van der Waals surface area contributed by atoms with Crippen molar-refractivity contribution in [3.8, 4) is 0 Å². The summed E-state index contributed by atoms with van der Waals surface area (Å²) in [6.07, 6.45) is 3.83. The first-order valence-electron chi connectivity index (χ1n) is 9.63. The molecule has 4 nitrogen and oxygen atoms in total. The number of anilines is 1. The highest BCUT2D eigenvalue weighted by molar-refractivity contribution is 6.04. The van der Waals surface area contributed by atoms with E-state index in [0.717, 1.165) is 17.7 Å². The summed E-state index contributed by atoms with van der Waals surface area (Å²) in [7, 11) is 0. The zero-order valence-corrected chi connectivity index (χ0v) is 16.6. The molecule has 0 atom stereocenters. The lowest BCUT2D eigenvalue weighted by Gasteiger charge is -2.24. The van der Waals surface area contributed by atoms with Crippen molar-refractivity contribution < 1.29 is 19.1 Å². The van der Waals surface area contributed by atoms with Gasteiger partial charge in [-0.1, -0.05) is 49.4 Å². The molecule has 0 aliphatic carbocycles. The van der Waals surface area contributed by atoms with Crippen molar-refractivity contribution in [3.05, 3.63) is 107 Å². The van der Waals surface area contributed by atoms with Crippen molar-refractivity contribution in [3.63, 3.8) is 0 Å². The van der Waals surface area contributed by atoms with Gasteiger partial charge in [0.2, 0.25) is 0 Å². The van der Waals surface area contributed by atoms with Crippen molar-refractivity contribution in [2.24, 2.45) is 0 Å². The average Bonchev–Trinajstić information content (AvgIpc) is 2.77. The molecule has 0 fully saturated rings. The van der Waals surface area contributed by atoms with Gasteiger partial charge < -0.3 is 10.0 Å². The maximum atomic E-state index is 13.1. The molecule has 152 valence electrons. The first-order chi connectivity index (χ1) is 14.5. The van der Waals surface area contributed by atoms with E-state index in [2.05, 4.69) is 0 Å². The van der Waals surface area contributed by atoms with E-state index in [1.807, 2.05) is 31.2 Å². The van der Waals surface area contributed by atoms with E-state index in [1.54, 1.807) is 41.3 Å². The summed E-state index contributed by atoms with van der Waals surface area (Å²) in [5.74, 6) is -1.60. The summed E-state index contributed by atoms with van der Waals surface area (Å²) in [6.45, 7) is 2.24. The number of carbonyl (C=O) groups is 2. The number of hydrogen-bond acceptors (Lipinski definition) is 2. The number of carbonyl (C=O) groups excluding carboxylic acids is 1. The topological polar surface area (TPSA) is 57.6 Å². The van der Waals surface area contributed by atoms with Crippen LogP contribution in [0, 0.1) is 5.82 Å². The Labute approximate surface area is 174 Å². The van der Waals surface area contributed by atoms with Gasteiger partial charge in [0, 0.05) is 11.8 Å². The SMILES string of the molecule is CCc1ccccc1N(Cc1cccc(C(=O)O)c1)C(=O)/C=C/c1ccc(F)cc1. The van der Waals surface area contributed by atoms with Gasteiger partial charge in [0.15, 0.2) is 0 Å². The number of carboxylic acid groups (broad SMARTS) is 1. The molecule has 0 radical (unpaired) electrons. The second kappa shape index (κ2) is 9.65. The third-order valence-corrected chi connectivity index (χ3v) is 4.73. The fourth-order valence-electron chi connectivity index (χ4n) is 3.17. The largest absolute Gasteiger partial charge is 0.478 e. The number of para-hydroxylation sites is 1. The number of aromatic carboxylic acids is 1. The average molecular weight is 403 g/mol. The molecule has 3 aromatic rings. The van der Waals surface area contributed by atoms with Crippen molar-refractivity contribution in [1.29, 1.82) is 0 Å². The number of aryl methyl sites for hydroxylation is 1. The van der Waals surface area contributed by atoms with E-state index in [0.29, 0.717) is 11.1 Å². The third kappa shape index (κ3) is 5.20. The lowest BCUT2D eigenvalue weighted by molar-refractivity contribution is -0.114. The summed E-state index contributed by atoms with van der Waals surface area (Å²) in [5, 5.41) is 9.26. The molecular weight excluding hydrogens is 381 g/mol. The highest BCUT2D eigenvalue weighted by atomic mass is 19.1. The molecule has 0 unspecified atom stereocenters. The Morgan fingerprint density at radius 2 is 1.73 bits per heavy atom. The zero-order valence-electron chi connectivity index (χ0n) is 16.6. The number of halogens is 1. The molecule has 30 heavy (non-hydrogen) atoms. The van der Waals surface area contributed by atoms with Gasteiger partial charge in [-0.3, -0.25) is 4.79 Å². The lowest BCUT2D eigenvalue weighted by atomic mass is 10.1. The molecule has 0 saturated carbocycles. The Balaban J connectivity index is 1.94. The molecule has 1 amide bonds. The smallest absolute Gasteiger partial charge is 0.335 e. The number of hydrogen-bond donors (Lipinski definition) is 1. The molecule has 0 aromatic heterocycles. The van der Waals surface area contributed by atoms with Gasteiger partial charge in [0.05, 0.1) is 12.1 Å². The van der Waals surface area contributed by atoms with Crippen molar-refractivity contribution in [2.75, 3.05) is 4.90 Å². The van der Waals surface area contributed by atoms with Crippen LogP contribution in [0.15, 0.2) is 78.9 Å². The quantitative estimate of drug-likeness (QED) is 0.542. The zero-order chi connectivity index (χ0) is 21.5. The van der Waals surface area contributed by atoms with E-state index in [4.69, 9.17) is 0 Å². The maximum Gasteiger partial charge on any atom is 0.335 e. The van der Waals surface area contributed by atoms with Crippen LogP contribution in [-0.4, -0.2) is 17.0 Å². The van der Waals surface area contributed by atoms with E-state index in [-0.39, 0.29) is 23.8 Å². The van der Waals surface area contributed by atoms with Crippen molar-refractivity contribution >= 4 is 23.6 Å². The van der Waals surface area contributed by atoms with Crippen LogP contribution in [0.1, 0.15) is 34.0 Å². The Bertz CT molecular complexity index is 1070. The van der Waals surface area contributed by atoms with Crippen LogP contribution in [0.3, 0.4) is 0 Å². The highest BCUT2D eigenvalue weighted by Gasteiger charge is 2.17. The molecule has 0 heterocycles. The first-order valence-corrected chi connectivity index (χ1v) is 9.63. The standard InChI is InChI=1S/C25H22FNO3/c1-2-20-7-3-4-9-23(20)27(17-19-6-5-8-21(16-19)25(29)30)24(28)15-12-18-10-13-22(26)14-11-18/h3-16H,2,17H2,1H3,(H,29,30)/b15-12+. The van der Waals surface area contributed by atoms with Crippen molar-refractivity contribution in [2.45, 2.75) is 19.9 Å². The fourth-order valence-corrected chi connectivity index (χ4v) is 3.17. The molecule has 3 aromatic carbocycles. The van der Waals surface area contributed by atoms with Gasteiger partial charge >= 0.3 is 5.97 Å². The molecular formula is C25H22FNO3. The predicted molar refractivity (Wildman–Crippen MR) is 116 cm³/mol. The minimum Gasteiger partial charge on any atom is -0.478 e. The summed E-state index contributed by atoms with van der Waals surface area (Å²) in [5.41, 5.74) is 3.38. The van der Waals surface area contributed by atoms with E-state index in [1.165, 1.54) is 24.3 Å². The monoisotopic (exact) mass is 403 g/mol. The number of amides is 1. The van der Waals surface area contributed by atoms with Crippen LogP contribution in [0.2, 0.25) is 0 Å². The minimum atomic E-state index is -1.01. The van der Waals surface area contributed by atoms with Gasteiger partial charge in [-0.2, -0.15) is 0 Å². The minimum absolute atomic E-state index is 0.172. The Morgan fingerprint density at radius 3 is 2.43 bits per heavy atom. The highest BCUT2D eigenvalue weighted by Crippen LogP contribution is 2.24. The molecule has 0 bridgehead atoms. The lowest BCUT2D eigenvalue weighted by Crippen LogP contribution is -2.29. The van der Waals surface area contributed by atoms with Gasteiger partial charge in [-0.25, -0.2) is 9.18 Å². The second-order valence-corrected chi connectivity index (χ2v) is 6.80. The van der Waals surface area contributed by atoms with Gasteiger partial charge in [0.25, 0.3) is 5.91 Å². The Morgan fingerprint density at radius 1 is 1.00 bits per heavy atom. The molecule has 5 heteroatoms. The number of nitrogens with zero attached hydrogens (tertiary/aromatic N) is 1. The molecule has 3 rings (SSSR count). The molecule has 1 N–H and O–H groups in total. The van der Waals surface area contributed by atoms with Gasteiger partial charge in [-0.15, -0.1) is 0 Å². The van der Waals surface area contributed by atoms with E-state index < -0.39 is 5.97 Å². The van der Waals surface area contributed by atoms with E-state index in [9.17, 15) is 19.1 Å². The summed E-state index contributed by atoms with van der Waals surface area (Å²) in [6, 6.07) is 20.1. The number of benzene rings is 3. The fraction of sp³-hybridized carbons (Fsp3) is 0.120. The van der Waals surface area contributed by atoms with Crippen LogP contribution in [0.5, 0.6) is 0 Å². The summed E-state index contributed by atoms with van der Waals surface area (Å²) >= 11 is 0. The van der Waals surface area contributed by atoms with Crippen LogP contribution in [-0.2, 0) is 17.8 Å². The normalized spacial score (nSPS) is 10.9. The van der Waals surface area contributed by atoms with E-state index >= 15 is 0 Å². The van der Waals surface area contributed by atoms with Crippen molar-refractivity contribution in [1.82, 2.24) is 0 Å². The Kier molecular flexibility index (Phi) is 6.75. The van der Waals surface area contributed by atoms with Gasteiger partial charge in [0.1, 0.15) is 5.82 Å². The predicted octanol–water partition coefficient (Wildman–Crippen LogP) is 5.33. The third-order valence-electron chi connectivity index (χ3n) is 4.73. The first kappa shape index (κ1) is 21.0. The van der Waals surface area contributed by atoms with Gasteiger partial charge in [-0.05, 0) is 59.5 Å².